The maximum atomic E-state index is 10.8. The second-order valence-electron chi connectivity index (χ2n) is 4.90. The molecule has 0 aliphatic carbocycles. The lowest BCUT2D eigenvalue weighted by Gasteiger charge is -2.27. The molecular weight excluding hydrogens is 232 g/mol. The molecule has 0 saturated heterocycles. The second kappa shape index (κ2) is 5.71. The molecule has 0 aromatic heterocycles. The van der Waals surface area contributed by atoms with Gasteiger partial charge >= 0.3 is 5.69 Å². The summed E-state index contributed by atoms with van der Waals surface area (Å²) in [5.41, 5.74) is 0.767. The molecule has 5 heteroatoms. The van der Waals surface area contributed by atoms with Crippen molar-refractivity contribution in [2.75, 3.05) is 12.4 Å². The fourth-order valence-corrected chi connectivity index (χ4v) is 1.98. The average Bonchev–Trinajstić information content (AvgIpc) is 2.27. The molecule has 0 saturated carbocycles. The first-order valence-electron chi connectivity index (χ1n) is 6.00. The van der Waals surface area contributed by atoms with Crippen LogP contribution in [0.2, 0.25) is 0 Å². The molecule has 1 aromatic carbocycles. The number of anilines is 1. The van der Waals surface area contributed by atoms with Gasteiger partial charge in [-0.05, 0) is 26.3 Å². The number of hydrogen-bond donors (Lipinski definition) is 1. The van der Waals surface area contributed by atoms with Crippen LogP contribution in [-0.4, -0.2) is 17.6 Å². The van der Waals surface area contributed by atoms with Gasteiger partial charge in [0.25, 0.3) is 0 Å². The highest BCUT2D eigenvalue weighted by Crippen LogP contribution is 2.31. The summed E-state index contributed by atoms with van der Waals surface area (Å²) < 4.78 is 5.04. The van der Waals surface area contributed by atoms with E-state index in [1.54, 1.807) is 12.1 Å². The van der Waals surface area contributed by atoms with E-state index in [4.69, 9.17) is 4.74 Å². The lowest BCUT2D eigenvalue weighted by atomic mass is 9.98. The molecule has 1 rings (SSSR count). The predicted molar refractivity (Wildman–Crippen MR) is 72.3 cm³/mol. The number of nitro groups is 1. The van der Waals surface area contributed by atoms with E-state index in [0.717, 1.165) is 18.5 Å². The van der Waals surface area contributed by atoms with Crippen LogP contribution in [0.4, 0.5) is 11.4 Å². The quantitative estimate of drug-likeness (QED) is 0.620. The average molecular weight is 252 g/mol. The molecule has 18 heavy (non-hydrogen) atoms. The van der Waals surface area contributed by atoms with Crippen molar-refractivity contribution in [1.82, 2.24) is 0 Å². The summed E-state index contributed by atoms with van der Waals surface area (Å²) in [6.07, 6.45) is 2.09. The Morgan fingerprint density at radius 1 is 1.44 bits per heavy atom. The Morgan fingerprint density at radius 3 is 2.61 bits per heavy atom. The first kappa shape index (κ1) is 14.3. The first-order valence-corrected chi connectivity index (χ1v) is 6.00. The van der Waals surface area contributed by atoms with Gasteiger partial charge in [-0.3, -0.25) is 10.1 Å². The molecule has 0 amide bonds. The van der Waals surface area contributed by atoms with Crippen LogP contribution in [0.1, 0.15) is 33.6 Å². The molecule has 0 atom stereocenters. The zero-order valence-corrected chi connectivity index (χ0v) is 11.3. The van der Waals surface area contributed by atoms with Crippen molar-refractivity contribution >= 4 is 11.4 Å². The Balaban J connectivity index is 2.96. The Bertz CT molecular complexity index is 430. The van der Waals surface area contributed by atoms with Gasteiger partial charge in [-0.15, -0.1) is 0 Å². The van der Waals surface area contributed by atoms with Crippen LogP contribution >= 0.6 is 0 Å². The van der Waals surface area contributed by atoms with E-state index in [-0.39, 0.29) is 17.0 Å². The number of benzene rings is 1. The Kier molecular flexibility index (Phi) is 4.53. The van der Waals surface area contributed by atoms with Crippen molar-refractivity contribution in [2.45, 2.75) is 39.2 Å². The lowest BCUT2D eigenvalue weighted by Crippen LogP contribution is -2.30. The summed E-state index contributed by atoms with van der Waals surface area (Å²) in [5.74, 6) is 0.275. The van der Waals surface area contributed by atoms with Gasteiger partial charge in [-0.2, -0.15) is 0 Å². The van der Waals surface area contributed by atoms with Crippen LogP contribution in [0.15, 0.2) is 18.2 Å². The molecule has 0 unspecified atom stereocenters. The zero-order valence-electron chi connectivity index (χ0n) is 11.3. The third kappa shape index (κ3) is 3.61. The zero-order chi connectivity index (χ0) is 13.8. The van der Waals surface area contributed by atoms with Crippen LogP contribution in [-0.2, 0) is 0 Å². The van der Waals surface area contributed by atoms with E-state index < -0.39 is 4.92 Å². The molecule has 0 aliphatic heterocycles. The highest BCUT2D eigenvalue weighted by molar-refractivity contribution is 5.58. The normalized spacial score (nSPS) is 11.1. The maximum absolute atomic E-state index is 10.8. The van der Waals surface area contributed by atoms with Crippen molar-refractivity contribution < 1.29 is 9.66 Å². The van der Waals surface area contributed by atoms with E-state index in [0.29, 0.717) is 0 Å². The minimum absolute atomic E-state index is 0.0173. The van der Waals surface area contributed by atoms with Crippen LogP contribution in [0, 0.1) is 10.1 Å². The van der Waals surface area contributed by atoms with Gasteiger partial charge in [0.05, 0.1) is 12.0 Å². The highest BCUT2D eigenvalue weighted by atomic mass is 16.6. The number of rotatable bonds is 6. The molecule has 0 heterocycles. The Morgan fingerprint density at radius 2 is 2.11 bits per heavy atom. The number of nitro benzene ring substituents is 1. The van der Waals surface area contributed by atoms with Gasteiger partial charge in [0.1, 0.15) is 0 Å². The monoisotopic (exact) mass is 252 g/mol. The van der Waals surface area contributed by atoms with E-state index >= 15 is 0 Å². The molecule has 0 radical (unpaired) electrons. The fourth-order valence-electron chi connectivity index (χ4n) is 1.98. The third-order valence-electron chi connectivity index (χ3n) is 2.73. The van der Waals surface area contributed by atoms with Crippen LogP contribution in [0.25, 0.3) is 0 Å². The van der Waals surface area contributed by atoms with Gasteiger partial charge in [0.15, 0.2) is 5.75 Å². The second-order valence-corrected chi connectivity index (χ2v) is 4.90. The smallest absolute Gasteiger partial charge is 0.311 e. The predicted octanol–water partition coefficient (Wildman–Crippen LogP) is 3.59. The molecule has 0 fully saturated rings. The highest BCUT2D eigenvalue weighted by Gasteiger charge is 2.19. The largest absolute Gasteiger partial charge is 0.490 e. The molecule has 5 nitrogen and oxygen atoms in total. The minimum atomic E-state index is -0.445. The van der Waals surface area contributed by atoms with E-state index in [9.17, 15) is 10.1 Å². The number of ether oxygens (including phenoxy) is 1. The van der Waals surface area contributed by atoms with Crippen molar-refractivity contribution in [2.24, 2.45) is 0 Å². The molecule has 0 spiro atoms. The molecule has 0 aliphatic rings. The number of nitrogens with one attached hydrogen (secondary N) is 1. The first-order chi connectivity index (χ1) is 8.39. The topological polar surface area (TPSA) is 64.4 Å². The van der Waals surface area contributed by atoms with E-state index in [2.05, 4.69) is 26.1 Å². The third-order valence-corrected chi connectivity index (χ3v) is 2.73. The summed E-state index contributed by atoms with van der Waals surface area (Å²) >= 11 is 0. The Labute approximate surface area is 107 Å². The SMILES string of the molecule is CCCC(C)(C)Nc1ccc([N+](=O)[O-])c(OC)c1. The van der Waals surface area contributed by atoms with Crippen LogP contribution in [0.5, 0.6) is 5.75 Å². The van der Waals surface area contributed by atoms with Crippen molar-refractivity contribution in [3.05, 3.63) is 28.3 Å². The molecular formula is C13H20N2O3. The van der Waals surface area contributed by atoms with Gasteiger partial charge < -0.3 is 10.1 Å². The summed E-state index contributed by atoms with van der Waals surface area (Å²) in [5, 5.41) is 14.1. The number of nitrogens with zero attached hydrogens (tertiary/aromatic N) is 1. The summed E-state index contributed by atoms with van der Waals surface area (Å²) in [6, 6.07) is 4.83. The van der Waals surface area contributed by atoms with Crippen molar-refractivity contribution in [3.63, 3.8) is 0 Å². The van der Waals surface area contributed by atoms with Gasteiger partial charge in [0, 0.05) is 23.4 Å². The summed E-state index contributed by atoms with van der Waals surface area (Å²) in [7, 11) is 1.43. The van der Waals surface area contributed by atoms with Gasteiger partial charge in [0.2, 0.25) is 0 Å². The maximum Gasteiger partial charge on any atom is 0.311 e. The van der Waals surface area contributed by atoms with Crippen molar-refractivity contribution in [1.29, 1.82) is 0 Å². The molecule has 1 N–H and O–H groups in total. The summed E-state index contributed by atoms with van der Waals surface area (Å²) in [4.78, 5) is 10.3. The molecule has 100 valence electrons. The van der Waals surface area contributed by atoms with Crippen LogP contribution < -0.4 is 10.1 Å². The molecule has 0 bridgehead atoms. The van der Waals surface area contributed by atoms with E-state index in [1.165, 1.54) is 13.2 Å². The van der Waals surface area contributed by atoms with Gasteiger partial charge in [-0.25, -0.2) is 0 Å². The molecule has 1 aromatic rings. The Hall–Kier alpha value is -1.78. The van der Waals surface area contributed by atoms with Crippen molar-refractivity contribution in [3.8, 4) is 5.75 Å². The number of hydrogen-bond acceptors (Lipinski definition) is 4. The summed E-state index contributed by atoms with van der Waals surface area (Å²) in [6.45, 7) is 6.33. The fraction of sp³-hybridized carbons (Fsp3) is 0.538. The standard InChI is InChI=1S/C13H20N2O3/c1-5-8-13(2,3)14-10-6-7-11(15(16)17)12(9-10)18-4/h6-7,9,14H,5,8H2,1-4H3. The minimum Gasteiger partial charge on any atom is -0.490 e. The van der Waals surface area contributed by atoms with E-state index in [1.807, 2.05) is 0 Å². The van der Waals surface area contributed by atoms with Gasteiger partial charge in [-0.1, -0.05) is 13.3 Å². The van der Waals surface area contributed by atoms with Crippen LogP contribution in [0.3, 0.4) is 0 Å². The lowest BCUT2D eigenvalue weighted by molar-refractivity contribution is -0.385. The number of methoxy groups -OCH3 is 1.